The number of halogens is 3. The topological polar surface area (TPSA) is 90.4 Å². The van der Waals surface area contributed by atoms with Crippen molar-refractivity contribution in [2.24, 2.45) is 0 Å². The Labute approximate surface area is 128 Å². The van der Waals surface area contributed by atoms with E-state index in [1.165, 1.54) is 13.8 Å². The van der Waals surface area contributed by atoms with Crippen LogP contribution in [0.4, 0.5) is 13.2 Å². The summed E-state index contributed by atoms with van der Waals surface area (Å²) in [6.07, 6.45) is -1.96. The number of aryl methyl sites for hydroxylation is 1. The second-order valence-corrected chi connectivity index (χ2v) is 5.44. The zero-order valence-electron chi connectivity index (χ0n) is 12.3. The SMILES string of the molecule is CC(C)(O)CCn1ncc(OC(=O)c2cnoc2)c1C(F)(F)F. The van der Waals surface area contributed by atoms with Crippen LogP contribution in [-0.4, -0.2) is 31.6 Å². The predicted octanol–water partition coefficient (Wildman–Crippen LogP) is 2.27. The van der Waals surface area contributed by atoms with E-state index in [1.807, 2.05) is 0 Å². The molecular formula is C13H14F3N3O4. The number of hydrogen-bond acceptors (Lipinski definition) is 6. The maximum Gasteiger partial charge on any atom is 0.436 e. The Morgan fingerprint density at radius 3 is 2.61 bits per heavy atom. The molecule has 2 aromatic heterocycles. The smallest absolute Gasteiger partial charge is 0.419 e. The van der Waals surface area contributed by atoms with Gasteiger partial charge in [0, 0.05) is 6.54 Å². The van der Waals surface area contributed by atoms with Crippen LogP contribution in [0.3, 0.4) is 0 Å². The summed E-state index contributed by atoms with van der Waals surface area (Å²) in [5.41, 5.74) is -2.48. The molecule has 0 radical (unpaired) electrons. The standard InChI is InChI=1S/C13H14F3N3O4/c1-12(2,21)3-4-19-10(13(14,15)16)9(6-17-19)23-11(20)8-5-18-22-7-8/h5-7,21H,3-4H2,1-2H3. The van der Waals surface area contributed by atoms with Gasteiger partial charge in [0.15, 0.2) is 11.4 Å². The number of hydrogen-bond donors (Lipinski definition) is 1. The molecule has 0 amide bonds. The van der Waals surface area contributed by atoms with Crippen LogP contribution in [0.2, 0.25) is 0 Å². The summed E-state index contributed by atoms with van der Waals surface area (Å²) in [5, 5.41) is 16.5. The fourth-order valence-corrected chi connectivity index (χ4v) is 1.74. The highest BCUT2D eigenvalue weighted by Gasteiger charge is 2.40. The first-order valence-corrected chi connectivity index (χ1v) is 6.55. The summed E-state index contributed by atoms with van der Waals surface area (Å²) in [5.74, 6) is -1.77. The first-order valence-electron chi connectivity index (χ1n) is 6.55. The fourth-order valence-electron chi connectivity index (χ4n) is 1.74. The van der Waals surface area contributed by atoms with Gasteiger partial charge in [-0.3, -0.25) is 4.68 Å². The number of rotatable bonds is 5. The Balaban J connectivity index is 2.26. The first kappa shape index (κ1) is 17.0. The van der Waals surface area contributed by atoms with Gasteiger partial charge in [-0.1, -0.05) is 5.16 Å². The van der Waals surface area contributed by atoms with E-state index in [1.54, 1.807) is 0 Å². The van der Waals surface area contributed by atoms with Crippen molar-refractivity contribution in [3.8, 4) is 5.75 Å². The lowest BCUT2D eigenvalue weighted by Crippen LogP contribution is -2.24. The Bertz CT molecular complexity index is 672. The molecule has 23 heavy (non-hydrogen) atoms. The van der Waals surface area contributed by atoms with E-state index < -0.39 is 29.2 Å². The Kier molecular flexibility index (Phi) is 4.46. The van der Waals surface area contributed by atoms with Gasteiger partial charge in [0.05, 0.1) is 18.0 Å². The maximum atomic E-state index is 13.2. The third kappa shape index (κ3) is 4.31. The number of nitrogens with zero attached hydrogens (tertiary/aromatic N) is 3. The van der Waals surface area contributed by atoms with Crippen molar-refractivity contribution >= 4 is 5.97 Å². The monoisotopic (exact) mass is 333 g/mol. The van der Waals surface area contributed by atoms with E-state index in [-0.39, 0.29) is 18.5 Å². The molecule has 0 unspecified atom stereocenters. The van der Waals surface area contributed by atoms with E-state index in [2.05, 4.69) is 14.8 Å². The molecule has 2 rings (SSSR count). The predicted molar refractivity (Wildman–Crippen MR) is 69.6 cm³/mol. The second kappa shape index (κ2) is 6.03. The summed E-state index contributed by atoms with van der Waals surface area (Å²) >= 11 is 0. The van der Waals surface area contributed by atoms with Crippen molar-refractivity contribution in [3.63, 3.8) is 0 Å². The highest BCUT2D eigenvalue weighted by molar-refractivity contribution is 5.90. The summed E-state index contributed by atoms with van der Waals surface area (Å²) in [7, 11) is 0. The van der Waals surface area contributed by atoms with Crippen LogP contribution in [-0.2, 0) is 12.7 Å². The largest absolute Gasteiger partial charge is 0.436 e. The Hall–Kier alpha value is -2.36. The minimum atomic E-state index is -4.78. The van der Waals surface area contributed by atoms with Crippen LogP contribution in [0.15, 0.2) is 23.2 Å². The van der Waals surface area contributed by atoms with Crippen LogP contribution in [0, 0.1) is 0 Å². The number of esters is 1. The van der Waals surface area contributed by atoms with Gasteiger partial charge in [-0.2, -0.15) is 18.3 Å². The first-order chi connectivity index (χ1) is 10.6. The number of aliphatic hydroxyl groups is 1. The number of aromatic nitrogens is 3. The van der Waals surface area contributed by atoms with Gasteiger partial charge in [0.25, 0.3) is 0 Å². The molecule has 0 aliphatic carbocycles. The summed E-state index contributed by atoms with van der Waals surface area (Å²) < 4.78 is 49.4. The van der Waals surface area contributed by atoms with Crippen LogP contribution in [0.5, 0.6) is 5.75 Å². The van der Waals surface area contributed by atoms with Crippen LogP contribution in [0.25, 0.3) is 0 Å². The zero-order valence-corrected chi connectivity index (χ0v) is 12.3. The normalized spacial score (nSPS) is 12.4. The van der Waals surface area contributed by atoms with Gasteiger partial charge in [-0.05, 0) is 20.3 Å². The molecule has 0 spiro atoms. The molecule has 0 aromatic carbocycles. The molecule has 126 valence electrons. The van der Waals surface area contributed by atoms with Gasteiger partial charge in [0.1, 0.15) is 11.8 Å². The third-order valence-corrected chi connectivity index (χ3v) is 2.88. The van der Waals surface area contributed by atoms with Crippen LogP contribution < -0.4 is 4.74 Å². The van der Waals surface area contributed by atoms with E-state index in [0.717, 1.165) is 18.7 Å². The van der Waals surface area contributed by atoms with Crippen molar-refractivity contribution in [3.05, 3.63) is 29.9 Å². The van der Waals surface area contributed by atoms with E-state index in [0.29, 0.717) is 4.68 Å². The van der Waals surface area contributed by atoms with Gasteiger partial charge >= 0.3 is 12.1 Å². The molecule has 0 fully saturated rings. The minimum absolute atomic E-state index is 0.0385. The average Bonchev–Trinajstić information content (AvgIpc) is 3.03. The molecule has 1 N–H and O–H groups in total. The fraction of sp³-hybridized carbons (Fsp3) is 0.462. The molecule has 7 nitrogen and oxygen atoms in total. The van der Waals surface area contributed by atoms with Crippen LogP contribution >= 0.6 is 0 Å². The molecule has 0 atom stereocenters. The molecule has 0 saturated carbocycles. The lowest BCUT2D eigenvalue weighted by atomic mass is 10.1. The van der Waals surface area contributed by atoms with Crippen molar-refractivity contribution in [2.45, 2.75) is 38.6 Å². The Morgan fingerprint density at radius 1 is 1.39 bits per heavy atom. The number of alkyl halides is 3. The van der Waals surface area contributed by atoms with E-state index >= 15 is 0 Å². The van der Waals surface area contributed by atoms with Gasteiger partial charge in [-0.15, -0.1) is 0 Å². The summed E-state index contributed by atoms with van der Waals surface area (Å²) in [6.45, 7) is 2.75. The van der Waals surface area contributed by atoms with Crippen molar-refractivity contribution in [1.29, 1.82) is 0 Å². The molecule has 10 heteroatoms. The van der Waals surface area contributed by atoms with Crippen LogP contribution in [0.1, 0.15) is 36.3 Å². The highest BCUT2D eigenvalue weighted by Crippen LogP contribution is 2.36. The second-order valence-electron chi connectivity index (χ2n) is 5.44. The van der Waals surface area contributed by atoms with Gasteiger partial charge < -0.3 is 14.4 Å². The number of carbonyl (C=O) groups excluding carboxylic acids is 1. The molecule has 0 aliphatic rings. The summed E-state index contributed by atoms with van der Waals surface area (Å²) in [4.78, 5) is 11.7. The average molecular weight is 333 g/mol. The number of ether oxygens (including phenoxy) is 1. The molecule has 2 heterocycles. The molecule has 0 aliphatic heterocycles. The van der Waals surface area contributed by atoms with Gasteiger partial charge in [-0.25, -0.2) is 4.79 Å². The minimum Gasteiger partial charge on any atom is -0.419 e. The molecular weight excluding hydrogens is 319 g/mol. The molecule has 2 aromatic rings. The lowest BCUT2D eigenvalue weighted by Gasteiger charge is -2.18. The van der Waals surface area contributed by atoms with Crippen molar-refractivity contribution < 1.29 is 32.3 Å². The van der Waals surface area contributed by atoms with Crippen molar-refractivity contribution in [1.82, 2.24) is 14.9 Å². The highest BCUT2D eigenvalue weighted by atomic mass is 19.4. The van der Waals surface area contributed by atoms with Gasteiger partial charge in [0.2, 0.25) is 0 Å². The molecule has 0 saturated heterocycles. The zero-order chi connectivity index (χ0) is 17.3. The number of carbonyl (C=O) groups is 1. The van der Waals surface area contributed by atoms with E-state index in [9.17, 15) is 23.1 Å². The lowest BCUT2D eigenvalue weighted by molar-refractivity contribution is -0.145. The van der Waals surface area contributed by atoms with E-state index in [4.69, 9.17) is 4.74 Å². The third-order valence-electron chi connectivity index (χ3n) is 2.88. The quantitative estimate of drug-likeness (QED) is 0.844. The maximum absolute atomic E-state index is 13.2. The van der Waals surface area contributed by atoms with Crippen molar-refractivity contribution in [2.75, 3.05) is 0 Å². The Morgan fingerprint density at radius 2 is 2.09 bits per heavy atom. The molecule has 0 bridgehead atoms. The summed E-state index contributed by atoms with van der Waals surface area (Å²) in [6, 6.07) is 0.